The van der Waals surface area contributed by atoms with Crippen LogP contribution in [-0.4, -0.2) is 40.1 Å². The minimum Gasteiger partial charge on any atom is -0.495 e. The van der Waals surface area contributed by atoms with E-state index in [2.05, 4.69) is 5.32 Å². The molecule has 0 spiro atoms. The normalized spacial score (nSPS) is 11.4. The molecule has 140 valence electrons. The molecular weight excluding hydrogens is 380 g/mol. The molecule has 2 aromatic rings. The number of rotatable bonds is 7. The summed E-state index contributed by atoms with van der Waals surface area (Å²) in [5.41, 5.74) is 0.920. The molecule has 0 unspecified atom stereocenters. The predicted molar refractivity (Wildman–Crippen MR) is 97.6 cm³/mol. The van der Waals surface area contributed by atoms with Gasteiger partial charge in [0.15, 0.2) is 0 Å². The van der Waals surface area contributed by atoms with E-state index in [9.17, 15) is 13.2 Å². The number of halogens is 1. The Morgan fingerprint density at radius 3 is 2.50 bits per heavy atom. The summed E-state index contributed by atoms with van der Waals surface area (Å²) in [7, 11) is -0.156. The number of ether oxygens (including phenoxy) is 1. The lowest BCUT2D eigenvalue weighted by atomic mass is 10.2. The average molecular weight is 399 g/mol. The summed E-state index contributed by atoms with van der Waals surface area (Å²) in [6.07, 6.45) is 0. The van der Waals surface area contributed by atoms with Crippen LogP contribution in [-0.2, 0) is 21.4 Å². The molecule has 0 aromatic heterocycles. The average Bonchev–Trinajstić information content (AvgIpc) is 2.65. The first-order valence-electron chi connectivity index (χ1n) is 7.54. The number of benzene rings is 2. The molecule has 0 aliphatic carbocycles. The third kappa shape index (κ3) is 4.34. The van der Waals surface area contributed by atoms with Gasteiger partial charge in [0.1, 0.15) is 10.6 Å². The van der Waals surface area contributed by atoms with E-state index in [4.69, 9.17) is 21.2 Å². The van der Waals surface area contributed by atoms with Gasteiger partial charge in [0.25, 0.3) is 15.9 Å². The molecule has 0 atom stereocenters. The molecule has 0 aliphatic rings. The maximum absolute atomic E-state index is 12.5. The van der Waals surface area contributed by atoms with E-state index in [-0.39, 0.29) is 22.8 Å². The van der Waals surface area contributed by atoms with Crippen LogP contribution < -0.4 is 10.1 Å². The van der Waals surface area contributed by atoms with Crippen molar-refractivity contribution >= 4 is 27.5 Å². The predicted octanol–water partition coefficient (Wildman–Crippen LogP) is 2.46. The number of nitrogens with zero attached hydrogens (tertiary/aromatic N) is 1. The van der Waals surface area contributed by atoms with Crippen LogP contribution in [0.4, 0.5) is 0 Å². The summed E-state index contributed by atoms with van der Waals surface area (Å²) in [6.45, 7) is 0.213. The molecule has 0 saturated heterocycles. The molecule has 2 rings (SSSR count). The van der Waals surface area contributed by atoms with E-state index in [1.165, 1.54) is 39.5 Å². The van der Waals surface area contributed by atoms with Crippen LogP contribution in [0, 0.1) is 0 Å². The molecule has 1 amide bonds. The van der Waals surface area contributed by atoms with E-state index in [1.54, 1.807) is 18.2 Å². The molecule has 9 heteroatoms. The highest BCUT2D eigenvalue weighted by molar-refractivity contribution is 7.89. The van der Waals surface area contributed by atoms with Crippen LogP contribution in [0.25, 0.3) is 0 Å². The molecule has 0 radical (unpaired) electrons. The van der Waals surface area contributed by atoms with Crippen molar-refractivity contribution in [2.24, 2.45) is 0 Å². The van der Waals surface area contributed by atoms with Crippen molar-refractivity contribution in [1.29, 1.82) is 0 Å². The fourth-order valence-corrected chi connectivity index (χ4v) is 3.53. The van der Waals surface area contributed by atoms with Gasteiger partial charge < -0.3 is 10.1 Å². The summed E-state index contributed by atoms with van der Waals surface area (Å²) in [4.78, 5) is 17.0. The highest BCUT2D eigenvalue weighted by Crippen LogP contribution is 2.27. The lowest BCUT2D eigenvalue weighted by Gasteiger charge is -2.17. The maximum atomic E-state index is 12.5. The van der Waals surface area contributed by atoms with Gasteiger partial charge in [-0.05, 0) is 29.8 Å². The van der Waals surface area contributed by atoms with Gasteiger partial charge in [-0.3, -0.25) is 9.63 Å². The van der Waals surface area contributed by atoms with Gasteiger partial charge in [-0.25, -0.2) is 8.42 Å². The third-order valence-electron chi connectivity index (χ3n) is 3.70. The number of nitrogens with one attached hydrogen (secondary N) is 1. The van der Waals surface area contributed by atoms with Crippen LogP contribution in [0.3, 0.4) is 0 Å². The molecule has 1 N–H and O–H groups in total. The van der Waals surface area contributed by atoms with Gasteiger partial charge in [0.05, 0.1) is 14.2 Å². The summed E-state index contributed by atoms with van der Waals surface area (Å²) >= 11 is 6.06. The van der Waals surface area contributed by atoms with Gasteiger partial charge in [-0.2, -0.15) is 0 Å². The van der Waals surface area contributed by atoms with E-state index in [0.717, 1.165) is 5.56 Å². The second-order valence-electron chi connectivity index (χ2n) is 5.24. The van der Waals surface area contributed by atoms with Gasteiger partial charge in [0, 0.05) is 24.2 Å². The molecule has 0 bridgehead atoms. The smallest absolute Gasteiger partial charge is 0.268 e. The summed E-state index contributed by atoms with van der Waals surface area (Å²) in [5, 5.41) is 3.25. The number of carbonyl (C=O) groups excluding carboxylic acids is 1. The molecule has 2 aromatic carbocycles. The second kappa shape index (κ2) is 8.50. The van der Waals surface area contributed by atoms with Crippen LogP contribution in [0.2, 0.25) is 5.02 Å². The van der Waals surface area contributed by atoms with E-state index in [0.29, 0.717) is 9.49 Å². The standard InChI is InChI=1S/C17H19ClN2O5S/c1-20(25-3)26(22,23)16-10-12(8-9-15(16)24-2)17(21)19-11-13-6-4-5-7-14(13)18/h4-10H,11H2,1-3H3,(H,19,21). The molecule has 26 heavy (non-hydrogen) atoms. The molecule has 0 aliphatic heterocycles. The zero-order valence-corrected chi connectivity index (χ0v) is 16.1. The quantitative estimate of drug-likeness (QED) is 0.724. The molecule has 7 nitrogen and oxygen atoms in total. The molecule has 0 saturated carbocycles. The minimum absolute atomic E-state index is 0.108. The fourth-order valence-electron chi connectivity index (χ4n) is 2.18. The Bertz CT molecular complexity index is 902. The Labute approximate surface area is 157 Å². The number of sulfonamides is 1. The zero-order valence-electron chi connectivity index (χ0n) is 14.5. The Kier molecular flexibility index (Phi) is 6.60. The fraction of sp³-hybridized carbons (Fsp3) is 0.235. The number of amides is 1. The summed E-state index contributed by atoms with van der Waals surface area (Å²) < 4.78 is 30.8. The number of hydroxylamine groups is 1. The van der Waals surface area contributed by atoms with Crippen molar-refractivity contribution < 1.29 is 22.8 Å². The van der Waals surface area contributed by atoms with Crippen LogP contribution in [0.1, 0.15) is 15.9 Å². The number of hydrogen-bond donors (Lipinski definition) is 1. The van der Waals surface area contributed by atoms with Crippen molar-refractivity contribution in [1.82, 2.24) is 9.79 Å². The number of hydrogen-bond acceptors (Lipinski definition) is 5. The number of methoxy groups -OCH3 is 1. The Morgan fingerprint density at radius 1 is 1.19 bits per heavy atom. The first kappa shape index (κ1) is 20.2. The Hall–Kier alpha value is -2.13. The number of carbonyl (C=O) groups is 1. The van der Waals surface area contributed by atoms with Crippen molar-refractivity contribution in [2.75, 3.05) is 21.3 Å². The van der Waals surface area contributed by atoms with Gasteiger partial charge in [0.2, 0.25) is 0 Å². The van der Waals surface area contributed by atoms with Crippen molar-refractivity contribution in [3.05, 3.63) is 58.6 Å². The van der Waals surface area contributed by atoms with Crippen LogP contribution >= 0.6 is 11.6 Å². The van der Waals surface area contributed by atoms with Crippen molar-refractivity contribution in [2.45, 2.75) is 11.4 Å². The first-order valence-corrected chi connectivity index (χ1v) is 9.35. The highest BCUT2D eigenvalue weighted by Gasteiger charge is 2.26. The lowest BCUT2D eigenvalue weighted by molar-refractivity contribution is -0.0259. The monoisotopic (exact) mass is 398 g/mol. The van der Waals surface area contributed by atoms with Crippen LogP contribution in [0.15, 0.2) is 47.4 Å². The summed E-state index contributed by atoms with van der Waals surface area (Å²) in [5.74, 6) is -0.333. The topological polar surface area (TPSA) is 84.9 Å². The molecular formula is C17H19ClN2O5S. The summed E-state index contributed by atoms with van der Waals surface area (Å²) in [6, 6.07) is 11.3. The van der Waals surface area contributed by atoms with E-state index >= 15 is 0 Å². The second-order valence-corrected chi connectivity index (χ2v) is 7.55. The van der Waals surface area contributed by atoms with Crippen molar-refractivity contribution in [3.8, 4) is 5.75 Å². The maximum Gasteiger partial charge on any atom is 0.268 e. The highest BCUT2D eigenvalue weighted by atomic mass is 35.5. The first-order chi connectivity index (χ1) is 12.3. The largest absolute Gasteiger partial charge is 0.495 e. The SMILES string of the molecule is COc1ccc(C(=O)NCc2ccccc2Cl)cc1S(=O)(=O)N(C)OC. The van der Waals surface area contributed by atoms with Gasteiger partial charge in [-0.1, -0.05) is 34.3 Å². The zero-order chi connectivity index (χ0) is 19.3. The van der Waals surface area contributed by atoms with Crippen LogP contribution in [0.5, 0.6) is 5.75 Å². The molecule has 0 fully saturated rings. The lowest BCUT2D eigenvalue weighted by Crippen LogP contribution is -2.27. The van der Waals surface area contributed by atoms with Gasteiger partial charge in [-0.15, -0.1) is 0 Å². The Balaban J connectivity index is 2.29. The minimum atomic E-state index is -3.98. The van der Waals surface area contributed by atoms with E-state index in [1.807, 2.05) is 6.07 Å². The van der Waals surface area contributed by atoms with Crippen molar-refractivity contribution in [3.63, 3.8) is 0 Å². The van der Waals surface area contributed by atoms with E-state index < -0.39 is 15.9 Å². The third-order valence-corrected chi connectivity index (χ3v) is 5.77. The Morgan fingerprint density at radius 2 is 1.88 bits per heavy atom. The molecule has 0 heterocycles. The van der Waals surface area contributed by atoms with Gasteiger partial charge >= 0.3 is 0 Å².